The summed E-state index contributed by atoms with van der Waals surface area (Å²) < 4.78 is 24.7. The molecule has 15 heavy (non-hydrogen) atoms. The van der Waals surface area contributed by atoms with Crippen LogP contribution in [-0.2, 0) is 4.79 Å². The Labute approximate surface area is 94.8 Å². The van der Waals surface area contributed by atoms with Gasteiger partial charge in [0, 0.05) is 4.47 Å². The number of carbonyl (C=O) groups excluding carboxylic acids is 1. The molecule has 1 atom stereocenters. The van der Waals surface area contributed by atoms with Crippen molar-refractivity contribution in [3.63, 3.8) is 0 Å². The zero-order valence-electron chi connectivity index (χ0n) is 8.01. The van der Waals surface area contributed by atoms with Crippen molar-refractivity contribution in [1.82, 2.24) is 5.32 Å². The Balaban J connectivity index is 2.73. The first-order chi connectivity index (χ1) is 7.02. The van der Waals surface area contributed by atoms with Gasteiger partial charge < -0.3 is 5.32 Å². The van der Waals surface area contributed by atoms with Crippen LogP contribution >= 0.6 is 15.9 Å². The molecule has 0 aromatic heterocycles. The van der Waals surface area contributed by atoms with Crippen LogP contribution in [-0.4, -0.2) is 12.3 Å². The second-order valence-corrected chi connectivity index (χ2v) is 3.91. The van der Waals surface area contributed by atoms with E-state index in [1.54, 1.807) is 25.1 Å². The molecule has 0 heterocycles. The summed E-state index contributed by atoms with van der Waals surface area (Å²) in [4.78, 5) is 10.8. The molecule has 0 fully saturated rings. The lowest BCUT2D eigenvalue weighted by atomic mass is 10.1. The van der Waals surface area contributed by atoms with E-state index in [-0.39, 0.29) is 0 Å². The number of hydrogen-bond donors (Lipinski definition) is 1. The summed E-state index contributed by atoms with van der Waals surface area (Å²) >= 11 is 3.29. The molecule has 0 saturated carbocycles. The van der Waals surface area contributed by atoms with Gasteiger partial charge in [0.05, 0.1) is 6.04 Å². The monoisotopic (exact) mass is 277 g/mol. The predicted octanol–water partition coefficient (Wildman–Crippen LogP) is 2.89. The quantitative estimate of drug-likeness (QED) is 0.905. The van der Waals surface area contributed by atoms with Gasteiger partial charge in [-0.3, -0.25) is 4.79 Å². The molecule has 5 heteroatoms. The Morgan fingerprint density at radius 3 is 2.53 bits per heavy atom. The molecule has 0 radical (unpaired) electrons. The fourth-order valence-electron chi connectivity index (χ4n) is 1.18. The first kappa shape index (κ1) is 12.1. The number of halogens is 3. The molecule has 0 spiro atoms. The highest BCUT2D eigenvalue weighted by atomic mass is 79.9. The number of hydrogen-bond acceptors (Lipinski definition) is 1. The molecule has 0 aliphatic heterocycles. The molecule has 1 aromatic rings. The molecule has 1 rings (SSSR count). The molecule has 1 N–H and O–H groups in total. The second kappa shape index (κ2) is 5.21. The number of alkyl halides is 2. The molecule has 0 aliphatic rings. The summed E-state index contributed by atoms with van der Waals surface area (Å²) in [5.41, 5.74) is 0.770. The summed E-state index contributed by atoms with van der Waals surface area (Å²) in [7, 11) is 0. The summed E-state index contributed by atoms with van der Waals surface area (Å²) in [6.07, 6.45) is -2.98. The van der Waals surface area contributed by atoms with Gasteiger partial charge in [-0.25, -0.2) is 0 Å². The summed E-state index contributed by atoms with van der Waals surface area (Å²) in [5, 5.41) is 2.22. The molecular formula is C10H10BrF2NO. The lowest BCUT2D eigenvalue weighted by molar-refractivity contribution is -0.132. The third kappa shape index (κ3) is 3.27. The molecule has 1 aromatic carbocycles. The van der Waals surface area contributed by atoms with Crippen LogP contribution in [0.25, 0.3) is 0 Å². The highest BCUT2D eigenvalue weighted by Gasteiger charge is 2.18. The second-order valence-electron chi connectivity index (χ2n) is 3.05. The molecular weight excluding hydrogens is 268 g/mol. The molecule has 1 amide bonds. The fraction of sp³-hybridized carbons (Fsp3) is 0.300. The maximum atomic E-state index is 12.0. The Morgan fingerprint density at radius 1 is 1.40 bits per heavy atom. The van der Waals surface area contributed by atoms with E-state index in [1.807, 2.05) is 6.07 Å². The Bertz CT molecular complexity index is 357. The van der Waals surface area contributed by atoms with Crippen molar-refractivity contribution in [2.75, 3.05) is 0 Å². The van der Waals surface area contributed by atoms with Crippen molar-refractivity contribution >= 4 is 21.8 Å². The van der Waals surface area contributed by atoms with Gasteiger partial charge in [0.25, 0.3) is 5.91 Å². The van der Waals surface area contributed by atoms with Crippen LogP contribution in [0.3, 0.4) is 0 Å². The molecule has 0 aliphatic carbocycles. The predicted molar refractivity (Wildman–Crippen MR) is 56.7 cm³/mol. The van der Waals surface area contributed by atoms with E-state index >= 15 is 0 Å². The molecule has 82 valence electrons. The maximum absolute atomic E-state index is 12.0. The third-order valence-corrected chi connectivity index (χ3v) is 2.65. The van der Waals surface area contributed by atoms with E-state index < -0.39 is 18.4 Å². The fourth-order valence-corrected chi connectivity index (χ4v) is 1.81. The van der Waals surface area contributed by atoms with Crippen LogP contribution in [0.1, 0.15) is 18.5 Å². The van der Waals surface area contributed by atoms with Gasteiger partial charge in [0.1, 0.15) is 0 Å². The topological polar surface area (TPSA) is 29.1 Å². The standard InChI is InChI=1S/C10H10BrF2NO/c1-6(14-10(15)9(12)13)7-4-2-3-5-8(7)11/h2-6,9H,1H3,(H,14,15)/t6-/m0/s1. The zero-order chi connectivity index (χ0) is 11.4. The Kier molecular flexibility index (Phi) is 4.20. The molecule has 0 bridgehead atoms. The van der Waals surface area contributed by atoms with Crippen LogP contribution in [0.2, 0.25) is 0 Å². The van der Waals surface area contributed by atoms with Crippen LogP contribution in [0.5, 0.6) is 0 Å². The van der Waals surface area contributed by atoms with Crippen molar-refractivity contribution in [2.45, 2.75) is 19.4 Å². The Morgan fingerprint density at radius 2 is 2.00 bits per heavy atom. The summed E-state index contributed by atoms with van der Waals surface area (Å²) in [6, 6.07) is 6.71. The average Bonchev–Trinajstić information content (AvgIpc) is 2.18. The van der Waals surface area contributed by atoms with Crippen molar-refractivity contribution in [1.29, 1.82) is 0 Å². The van der Waals surface area contributed by atoms with E-state index in [9.17, 15) is 13.6 Å². The van der Waals surface area contributed by atoms with Crippen LogP contribution in [0, 0.1) is 0 Å². The van der Waals surface area contributed by atoms with E-state index in [2.05, 4.69) is 21.2 Å². The SMILES string of the molecule is C[C@H](NC(=O)C(F)F)c1ccccc1Br. The lowest BCUT2D eigenvalue weighted by Gasteiger charge is -2.15. The highest BCUT2D eigenvalue weighted by molar-refractivity contribution is 9.10. The van der Waals surface area contributed by atoms with Gasteiger partial charge in [-0.1, -0.05) is 34.1 Å². The smallest absolute Gasteiger partial charge is 0.315 e. The minimum absolute atomic E-state index is 0.443. The van der Waals surface area contributed by atoms with E-state index in [1.165, 1.54) is 0 Å². The minimum atomic E-state index is -2.98. The largest absolute Gasteiger partial charge is 0.345 e. The number of amides is 1. The van der Waals surface area contributed by atoms with Crippen molar-refractivity contribution < 1.29 is 13.6 Å². The normalized spacial score (nSPS) is 12.6. The van der Waals surface area contributed by atoms with Crippen LogP contribution in [0.4, 0.5) is 8.78 Å². The van der Waals surface area contributed by atoms with Gasteiger partial charge in [0.15, 0.2) is 0 Å². The third-order valence-electron chi connectivity index (χ3n) is 1.93. The van der Waals surface area contributed by atoms with Gasteiger partial charge in [-0.15, -0.1) is 0 Å². The van der Waals surface area contributed by atoms with E-state index in [4.69, 9.17) is 0 Å². The average molecular weight is 278 g/mol. The molecule has 0 saturated heterocycles. The van der Waals surface area contributed by atoms with E-state index in [0.717, 1.165) is 10.0 Å². The maximum Gasteiger partial charge on any atom is 0.315 e. The van der Waals surface area contributed by atoms with Gasteiger partial charge in [-0.05, 0) is 18.6 Å². The zero-order valence-corrected chi connectivity index (χ0v) is 9.59. The number of nitrogens with one attached hydrogen (secondary N) is 1. The first-order valence-electron chi connectivity index (χ1n) is 4.35. The number of carbonyl (C=O) groups is 1. The van der Waals surface area contributed by atoms with Crippen molar-refractivity contribution in [3.8, 4) is 0 Å². The highest BCUT2D eigenvalue weighted by Crippen LogP contribution is 2.22. The van der Waals surface area contributed by atoms with Gasteiger partial charge in [-0.2, -0.15) is 8.78 Å². The number of rotatable bonds is 3. The van der Waals surface area contributed by atoms with Crippen molar-refractivity contribution in [2.24, 2.45) is 0 Å². The lowest BCUT2D eigenvalue weighted by Crippen LogP contribution is -2.31. The van der Waals surface area contributed by atoms with Crippen LogP contribution in [0.15, 0.2) is 28.7 Å². The molecule has 0 unspecified atom stereocenters. The van der Waals surface area contributed by atoms with Crippen LogP contribution < -0.4 is 5.32 Å². The molecule has 2 nitrogen and oxygen atoms in total. The summed E-state index contributed by atoms with van der Waals surface area (Å²) in [5.74, 6) is -1.25. The van der Waals surface area contributed by atoms with Gasteiger partial charge >= 0.3 is 6.43 Å². The van der Waals surface area contributed by atoms with E-state index in [0.29, 0.717) is 0 Å². The minimum Gasteiger partial charge on any atom is -0.345 e. The number of benzene rings is 1. The Hall–Kier alpha value is -0.970. The first-order valence-corrected chi connectivity index (χ1v) is 5.14. The van der Waals surface area contributed by atoms with Gasteiger partial charge in [0.2, 0.25) is 0 Å². The summed E-state index contributed by atoms with van der Waals surface area (Å²) in [6.45, 7) is 1.65. The van der Waals surface area contributed by atoms with Crippen molar-refractivity contribution in [3.05, 3.63) is 34.3 Å².